The minimum atomic E-state index is 0.191. The first kappa shape index (κ1) is 7.73. The second-order valence-electron chi connectivity index (χ2n) is 2.93. The van der Waals surface area contributed by atoms with Gasteiger partial charge in [0, 0.05) is 6.54 Å². The summed E-state index contributed by atoms with van der Waals surface area (Å²) in [5.74, 6) is 1.53. The van der Waals surface area contributed by atoms with Crippen LogP contribution < -0.4 is 5.32 Å². The van der Waals surface area contributed by atoms with Gasteiger partial charge in [-0.3, -0.25) is 0 Å². The van der Waals surface area contributed by atoms with Crippen molar-refractivity contribution in [2.24, 2.45) is 5.92 Å². The standard InChI is InChI=1S/C7H9ClN4/c8-7-11-6(4-10-12-7)9-3-5-1-2-5/h4-5H,1-3H2,(H,9,11,12). The highest BCUT2D eigenvalue weighted by Crippen LogP contribution is 2.28. The molecular weight excluding hydrogens is 176 g/mol. The molecule has 5 heteroatoms. The molecule has 0 radical (unpaired) electrons. The lowest BCUT2D eigenvalue weighted by atomic mass is 10.4. The molecule has 0 atom stereocenters. The fourth-order valence-corrected chi connectivity index (χ4v) is 1.07. The van der Waals surface area contributed by atoms with Crippen molar-refractivity contribution in [3.63, 3.8) is 0 Å². The lowest BCUT2D eigenvalue weighted by molar-refractivity contribution is 0.871. The first-order valence-corrected chi connectivity index (χ1v) is 4.31. The molecule has 0 spiro atoms. The molecule has 4 nitrogen and oxygen atoms in total. The lowest BCUT2D eigenvalue weighted by Gasteiger charge is -2.01. The van der Waals surface area contributed by atoms with E-state index in [2.05, 4.69) is 20.5 Å². The van der Waals surface area contributed by atoms with Gasteiger partial charge in [0.2, 0.25) is 5.28 Å². The van der Waals surface area contributed by atoms with Gasteiger partial charge in [-0.25, -0.2) is 0 Å². The molecule has 0 amide bonds. The van der Waals surface area contributed by atoms with Gasteiger partial charge in [-0.1, -0.05) is 0 Å². The number of anilines is 1. The Hall–Kier alpha value is -0.900. The summed E-state index contributed by atoms with van der Waals surface area (Å²) in [6.07, 6.45) is 4.22. The summed E-state index contributed by atoms with van der Waals surface area (Å²) in [6, 6.07) is 0. The Kier molecular flexibility index (Phi) is 2.08. The Morgan fingerprint density at radius 3 is 3.08 bits per heavy atom. The van der Waals surface area contributed by atoms with Crippen molar-refractivity contribution >= 4 is 17.4 Å². The minimum absolute atomic E-state index is 0.191. The highest BCUT2D eigenvalue weighted by atomic mass is 35.5. The van der Waals surface area contributed by atoms with Gasteiger partial charge in [0.25, 0.3) is 0 Å². The van der Waals surface area contributed by atoms with Gasteiger partial charge in [0.15, 0.2) is 0 Å². The van der Waals surface area contributed by atoms with Crippen molar-refractivity contribution in [1.29, 1.82) is 0 Å². The lowest BCUT2D eigenvalue weighted by Crippen LogP contribution is -2.05. The van der Waals surface area contributed by atoms with Crippen LogP contribution in [0.15, 0.2) is 6.20 Å². The summed E-state index contributed by atoms with van der Waals surface area (Å²) in [6.45, 7) is 0.967. The zero-order chi connectivity index (χ0) is 8.39. The van der Waals surface area contributed by atoms with E-state index >= 15 is 0 Å². The van der Waals surface area contributed by atoms with E-state index < -0.39 is 0 Å². The molecule has 0 unspecified atom stereocenters. The van der Waals surface area contributed by atoms with Crippen LogP contribution in [0.2, 0.25) is 5.28 Å². The molecular formula is C7H9ClN4. The number of hydrogen-bond acceptors (Lipinski definition) is 4. The third-order valence-electron chi connectivity index (χ3n) is 1.80. The SMILES string of the molecule is Clc1nncc(NCC2CC2)n1. The molecule has 2 rings (SSSR count). The summed E-state index contributed by atoms with van der Waals surface area (Å²) in [5.41, 5.74) is 0. The molecule has 1 aliphatic carbocycles. The summed E-state index contributed by atoms with van der Waals surface area (Å²) in [4.78, 5) is 3.95. The van der Waals surface area contributed by atoms with E-state index in [1.165, 1.54) is 12.8 Å². The molecule has 1 aliphatic rings. The number of nitrogens with one attached hydrogen (secondary N) is 1. The molecule has 12 heavy (non-hydrogen) atoms. The summed E-state index contributed by atoms with van der Waals surface area (Å²) in [5, 5.41) is 10.6. The van der Waals surface area contributed by atoms with E-state index in [0.29, 0.717) is 5.82 Å². The van der Waals surface area contributed by atoms with E-state index in [9.17, 15) is 0 Å². The maximum Gasteiger partial charge on any atom is 0.244 e. The van der Waals surface area contributed by atoms with Crippen molar-refractivity contribution in [1.82, 2.24) is 15.2 Å². The van der Waals surface area contributed by atoms with Gasteiger partial charge >= 0.3 is 0 Å². The number of nitrogens with zero attached hydrogens (tertiary/aromatic N) is 3. The molecule has 1 aromatic rings. The van der Waals surface area contributed by atoms with Crippen LogP contribution in [0.1, 0.15) is 12.8 Å². The van der Waals surface area contributed by atoms with E-state index in [1.807, 2.05) is 0 Å². The summed E-state index contributed by atoms with van der Waals surface area (Å²) < 4.78 is 0. The smallest absolute Gasteiger partial charge is 0.244 e. The quantitative estimate of drug-likeness (QED) is 0.771. The molecule has 1 fully saturated rings. The second kappa shape index (κ2) is 3.23. The van der Waals surface area contributed by atoms with Gasteiger partial charge in [-0.2, -0.15) is 10.1 Å². The predicted octanol–water partition coefficient (Wildman–Crippen LogP) is 1.35. The average molecular weight is 185 g/mol. The Balaban J connectivity index is 1.92. The maximum absolute atomic E-state index is 5.55. The molecule has 1 saturated carbocycles. The van der Waals surface area contributed by atoms with Gasteiger partial charge in [-0.05, 0) is 30.4 Å². The second-order valence-corrected chi connectivity index (χ2v) is 3.27. The molecule has 0 saturated heterocycles. The number of aromatic nitrogens is 3. The highest BCUT2D eigenvalue weighted by Gasteiger charge is 2.20. The van der Waals surface area contributed by atoms with Gasteiger partial charge in [0.05, 0.1) is 6.20 Å². The zero-order valence-electron chi connectivity index (χ0n) is 6.50. The van der Waals surface area contributed by atoms with Crippen molar-refractivity contribution in [3.05, 3.63) is 11.5 Å². The molecule has 1 aromatic heterocycles. The Morgan fingerprint density at radius 2 is 2.42 bits per heavy atom. The van der Waals surface area contributed by atoms with Crippen molar-refractivity contribution in [3.8, 4) is 0 Å². The van der Waals surface area contributed by atoms with Crippen molar-refractivity contribution in [2.45, 2.75) is 12.8 Å². The van der Waals surface area contributed by atoms with Crippen LogP contribution >= 0.6 is 11.6 Å². The largest absolute Gasteiger partial charge is 0.368 e. The van der Waals surface area contributed by atoms with Gasteiger partial charge in [-0.15, -0.1) is 5.10 Å². The van der Waals surface area contributed by atoms with Crippen LogP contribution in [0.5, 0.6) is 0 Å². The van der Waals surface area contributed by atoms with Crippen LogP contribution in [-0.2, 0) is 0 Å². The van der Waals surface area contributed by atoms with Gasteiger partial charge in [0.1, 0.15) is 5.82 Å². The van der Waals surface area contributed by atoms with Crippen molar-refractivity contribution in [2.75, 3.05) is 11.9 Å². The minimum Gasteiger partial charge on any atom is -0.368 e. The normalized spacial score (nSPS) is 16.1. The van der Waals surface area contributed by atoms with Crippen LogP contribution in [0.3, 0.4) is 0 Å². The topological polar surface area (TPSA) is 50.7 Å². The molecule has 0 bridgehead atoms. The fraction of sp³-hybridized carbons (Fsp3) is 0.571. The average Bonchev–Trinajstić information content (AvgIpc) is 2.84. The van der Waals surface area contributed by atoms with Gasteiger partial charge < -0.3 is 5.32 Å². The first-order valence-electron chi connectivity index (χ1n) is 3.93. The Bertz CT molecular complexity index is 274. The van der Waals surface area contributed by atoms with Crippen LogP contribution in [0.4, 0.5) is 5.82 Å². The van der Waals surface area contributed by atoms with Crippen molar-refractivity contribution < 1.29 is 0 Å². The molecule has 0 aliphatic heterocycles. The third-order valence-corrected chi connectivity index (χ3v) is 1.96. The molecule has 1 heterocycles. The molecule has 64 valence electrons. The highest BCUT2D eigenvalue weighted by molar-refractivity contribution is 6.28. The zero-order valence-corrected chi connectivity index (χ0v) is 7.25. The number of halogens is 1. The maximum atomic E-state index is 5.55. The summed E-state index contributed by atoms with van der Waals surface area (Å²) in [7, 11) is 0. The van der Waals surface area contributed by atoms with Crippen LogP contribution in [-0.4, -0.2) is 21.7 Å². The monoisotopic (exact) mass is 184 g/mol. The van der Waals surface area contributed by atoms with Crippen LogP contribution in [0.25, 0.3) is 0 Å². The third kappa shape index (κ3) is 2.04. The molecule has 0 aromatic carbocycles. The summed E-state index contributed by atoms with van der Waals surface area (Å²) >= 11 is 5.55. The number of hydrogen-bond donors (Lipinski definition) is 1. The fourth-order valence-electron chi connectivity index (χ4n) is 0.938. The Morgan fingerprint density at radius 1 is 1.58 bits per heavy atom. The van der Waals surface area contributed by atoms with E-state index in [4.69, 9.17) is 11.6 Å². The predicted molar refractivity (Wildman–Crippen MR) is 46.1 cm³/mol. The van der Waals surface area contributed by atoms with Crippen LogP contribution in [0, 0.1) is 5.92 Å². The van der Waals surface area contributed by atoms with E-state index in [-0.39, 0.29) is 5.28 Å². The molecule has 1 N–H and O–H groups in total. The Labute approximate surface area is 75.4 Å². The van der Waals surface area contributed by atoms with E-state index in [0.717, 1.165) is 12.5 Å². The number of rotatable bonds is 3. The van der Waals surface area contributed by atoms with E-state index in [1.54, 1.807) is 6.20 Å². The first-order chi connectivity index (χ1) is 5.84.